The van der Waals surface area contributed by atoms with Crippen LogP contribution < -0.4 is 14.8 Å². The number of hydrogen-bond donors (Lipinski definition) is 1. The summed E-state index contributed by atoms with van der Waals surface area (Å²) in [6, 6.07) is 21.7. The molecule has 154 valence electrons. The van der Waals surface area contributed by atoms with E-state index in [-0.39, 0.29) is 12.0 Å². The lowest BCUT2D eigenvalue weighted by Crippen LogP contribution is -2.84. The molecule has 0 aliphatic heterocycles. The normalized spacial score (nSPS) is 13.3. The van der Waals surface area contributed by atoms with Crippen LogP contribution in [0.15, 0.2) is 66.0 Å². The van der Waals surface area contributed by atoms with Gasteiger partial charge in [-0.2, -0.15) is 0 Å². The fourth-order valence-corrected chi connectivity index (χ4v) is 4.47. The Hall–Kier alpha value is -2.30. The fraction of sp³-hybridized carbons (Fsp3) is 0.360. The van der Waals surface area contributed by atoms with E-state index in [4.69, 9.17) is 9.47 Å². The molecule has 0 aliphatic carbocycles. The lowest BCUT2D eigenvalue weighted by molar-refractivity contribution is -0.692. The lowest BCUT2D eigenvalue weighted by atomic mass is 9.87. The molecule has 3 nitrogen and oxygen atoms in total. The Morgan fingerprint density at radius 2 is 1.69 bits per heavy atom. The van der Waals surface area contributed by atoms with Crippen molar-refractivity contribution in [2.45, 2.75) is 45.3 Å². The number of rotatable bonds is 10. The number of ether oxygens (including phenoxy) is 2. The molecule has 4 heteroatoms. The summed E-state index contributed by atoms with van der Waals surface area (Å²) in [5.74, 6) is 2.15. The van der Waals surface area contributed by atoms with E-state index >= 15 is 0 Å². The Bertz CT molecular complexity index is 859. The second-order valence-electron chi connectivity index (χ2n) is 7.65. The van der Waals surface area contributed by atoms with E-state index < -0.39 is 0 Å². The minimum atomic E-state index is 0.180. The average molecular weight is 411 g/mol. The monoisotopic (exact) mass is 410 g/mol. The minimum absolute atomic E-state index is 0.180. The van der Waals surface area contributed by atoms with E-state index in [1.54, 1.807) is 7.11 Å². The Balaban J connectivity index is 1.78. The summed E-state index contributed by atoms with van der Waals surface area (Å²) in [6.07, 6.45) is 1.22. The Morgan fingerprint density at radius 1 is 0.931 bits per heavy atom. The summed E-state index contributed by atoms with van der Waals surface area (Å²) >= 11 is 1.83. The summed E-state index contributed by atoms with van der Waals surface area (Å²) in [6.45, 7) is 7.43. The highest BCUT2D eigenvalue weighted by Crippen LogP contribution is 2.34. The molecule has 0 amide bonds. The first-order valence-electron chi connectivity index (χ1n) is 10.3. The van der Waals surface area contributed by atoms with Gasteiger partial charge in [-0.1, -0.05) is 36.4 Å². The molecule has 0 fully saturated rings. The van der Waals surface area contributed by atoms with Gasteiger partial charge in [0, 0.05) is 17.9 Å². The van der Waals surface area contributed by atoms with E-state index in [2.05, 4.69) is 86.1 Å². The van der Waals surface area contributed by atoms with Gasteiger partial charge >= 0.3 is 0 Å². The number of benzene rings is 2. The second-order valence-corrected chi connectivity index (χ2v) is 8.63. The standard InChI is InChI=1S/C25H31NO2S/c1-18(2)28-21-13-11-20(12-14-21)22(23-8-5-6-9-24(23)27-4)15-16-26-19(3)25-10-7-17-29-25/h5-14,17-19,22,26H,15-16H2,1-4H3/p+1/t19-,22+/m1/s1. The van der Waals surface area contributed by atoms with Gasteiger partial charge in [0.05, 0.1) is 24.6 Å². The SMILES string of the molecule is COc1ccccc1[C@@H](CC[NH2+][C@H](C)c1cccs1)c1ccc(OC(C)C)cc1. The van der Waals surface area contributed by atoms with E-state index in [9.17, 15) is 0 Å². The molecule has 2 atom stereocenters. The first-order chi connectivity index (χ1) is 14.1. The first kappa shape index (κ1) is 21.4. The zero-order valence-corrected chi connectivity index (χ0v) is 18.6. The molecule has 2 N–H and O–H groups in total. The lowest BCUT2D eigenvalue weighted by Gasteiger charge is -2.21. The number of para-hydroxylation sites is 1. The molecule has 1 aromatic heterocycles. The van der Waals surface area contributed by atoms with Crippen molar-refractivity contribution in [2.24, 2.45) is 0 Å². The van der Waals surface area contributed by atoms with Crippen molar-refractivity contribution >= 4 is 11.3 Å². The minimum Gasteiger partial charge on any atom is -0.496 e. The van der Waals surface area contributed by atoms with Crippen molar-refractivity contribution in [2.75, 3.05) is 13.7 Å². The predicted octanol–water partition coefficient (Wildman–Crippen LogP) is 5.39. The maximum absolute atomic E-state index is 5.82. The van der Waals surface area contributed by atoms with Crippen LogP contribution in [0.4, 0.5) is 0 Å². The topological polar surface area (TPSA) is 35.1 Å². The largest absolute Gasteiger partial charge is 0.496 e. The highest BCUT2D eigenvalue weighted by atomic mass is 32.1. The zero-order valence-electron chi connectivity index (χ0n) is 17.8. The number of hydrogen-bond acceptors (Lipinski definition) is 3. The van der Waals surface area contributed by atoms with Gasteiger partial charge in [0.2, 0.25) is 0 Å². The van der Waals surface area contributed by atoms with Crippen LogP contribution in [0.1, 0.15) is 55.2 Å². The quantitative estimate of drug-likeness (QED) is 0.486. The third-order valence-electron chi connectivity index (χ3n) is 5.14. The van der Waals surface area contributed by atoms with Crippen LogP contribution in [0.5, 0.6) is 11.5 Å². The number of methoxy groups -OCH3 is 1. The molecule has 0 unspecified atom stereocenters. The Kier molecular flexibility index (Phi) is 7.73. The summed E-state index contributed by atoms with van der Waals surface area (Å²) < 4.78 is 11.5. The van der Waals surface area contributed by atoms with Gasteiger partial charge in [-0.05, 0) is 56.0 Å². The summed E-state index contributed by atoms with van der Waals surface area (Å²) in [7, 11) is 1.75. The van der Waals surface area contributed by atoms with Crippen molar-refractivity contribution in [3.8, 4) is 11.5 Å². The highest BCUT2D eigenvalue weighted by molar-refractivity contribution is 7.10. The van der Waals surface area contributed by atoms with E-state index in [1.807, 2.05) is 17.4 Å². The molecule has 0 aliphatic rings. The van der Waals surface area contributed by atoms with Crippen molar-refractivity contribution in [3.63, 3.8) is 0 Å². The van der Waals surface area contributed by atoms with Gasteiger partial charge in [0.25, 0.3) is 0 Å². The molecule has 0 radical (unpaired) electrons. The molecule has 0 bridgehead atoms. The van der Waals surface area contributed by atoms with Crippen LogP contribution in [0, 0.1) is 0 Å². The summed E-state index contributed by atoms with van der Waals surface area (Å²) in [5, 5.41) is 4.59. The van der Waals surface area contributed by atoms with E-state index in [0.29, 0.717) is 6.04 Å². The van der Waals surface area contributed by atoms with Gasteiger partial charge in [-0.3, -0.25) is 0 Å². The van der Waals surface area contributed by atoms with Crippen LogP contribution in [0.25, 0.3) is 0 Å². The molecule has 3 rings (SSSR count). The van der Waals surface area contributed by atoms with Crippen molar-refractivity contribution in [3.05, 3.63) is 82.0 Å². The van der Waals surface area contributed by atoms with Crippen molar-refractivity contribution in [1.82, 2.24) is 0 Å². The maximum atomic E-state index is 5.82. The summed E-state index contributed by atoms with van der Waals surface area (Å²) in [5.41, 5.74) is 2.53. The fourth-order valence-electron chi connectivity index (χ4n) is 3.69. The number of thiophene rings is 1. The highest BCUT2D eigenvalue weighted by Gasteiger charge is 2.20. The average Bonchev–Trinajstić information content (AvgIpc) is 3.26. The van der Waals surface area contributed by atoms with Gasteiger partial charge in [0.1, 0.15) is 17.5 Å². The third kappa shape index (κ3) is 5.84. The van der Waals surface area contributed by atoms with Crippen LogP contribution in [0.2, 0.25) is 0 Å². The van der Waals surface area contributed by atoms with E-state index in [1.165, 1.54) is 16.0 Å². The second kappa shape index (κ2) is 10.5. The predicted molar refractivity (Wildman–Crippen MR) is 121 cm³/mol. The van der Waals surface area contributed by atoms with Gasteiger partial charge in [0.15, 0.2) is 0 Å². The van der Waals surface area contributed by atoms with E-state index in [0.717, 1.165) is 24.5 Å². The van der Waals surface area contributed by atoms with Gasteiger partial charge in [-0.15, -0.1) is 11.3 Å². The third-order valence-corrected chi connectivity index (χ3v) is 6.21. The van der Waals surface area contributed by atoms with Crippen LogP contribution in [0.3, 0.4) is 0 Å². The number of quaternary nitrogens is 1. The molecule has 2 aromatic carbocycles. The van der Waals surface area contributed by atoms with Crippen molar-refractivity contribution < 1.29 is 14.8 Å². The van der Waals surface area contributed by atoms with Crippen LogP contribution in [-0.2, 0) is 0 Å². The smallest absolute Gasteiger partial charge is 0.122 e. The van der Waals surface area contributed by atoms with Gasteiger partial charge in [-0.25, -0.2) is 0 Å². The zero-order chi connectivity index (χ0) is 20.6. The Labute approximate surface area is 178 Å². The molecule has 29 heavy (non-hydrogen) atoms. The molecule has 3 aromatic rings. The van der Waals surface area contributed by atoms with Crippen LogP contribution >= 0.6 is 11.3 Å². The maximum Gasteiger partial charge on any atom is 0.122 e. The molecular weight excluding hydrogens is 378 g/mol. The number of nitrogens with two attached hydrogens (primary N) is 1. The molecule has 0 spiro atoms. The molecule has 0 saturated heterocycles. The van der Waals surface area contributed by atoms with Crippen molar-refractivity contribution in [1.29, 1.82) is 0 Å². The Morgan fingerprint density at radius 3 is 2.34 bits per heavy atom. The summed E-state index contributed by atoms with van der Waals surface area (Å²) in [4.78, 5) is 1.43. The van der Waals surface area contributed by atoms with Gasteiger partial charge < -0.3 is 14.8 Å². The molecule has 1 heterocycles. The molecule has 0 saturated carbocycles. The van der Waals surface area contributed by atoms with Crippen LogP contribution in [-0.4, -0.2) is 19.8 Å². The molecular formula is C25H32NO2S+. The first-order valence-corrected chi connectivity index (χ1v) is 11.2.